The van der Waals surface area contributed by atoms with Gasteiger partial charge in [0.05, 0.1) is 12.2 Å². The van der Waals surface area contributed by atoms with Gasteiger partial charge < -0.3 is 19.7 Å². The van der Waals surface area contributed by atoms with Gasteiger partial charge in [0.15, 0.2) is 6.10 Å². The molecular formula is C24H22N2O4. The zero-order valence-corrected chi connectivity index (χ0v) is 16.6. The summed E-state index contributed by atoms with van der Waals surface area (Å²) in [5, 5.41) is 2.58. The van der Waals surface area contributed by atoms with Crippen molar-refractivity contribution >= 4 is 17.5 Å². The second kappa shape index (κ2) is 8.69. The highest BCUT2D eigenvalue weighted by Crippen LogP contribution is 2.34. The van der Waals surface area contributed by atoms with Gasteiger partial charge in [-0.05, 0) is 42.0 Å². The molecule has 0 bridgehead atoms. The van der Waals surface area contributed by atoms with Crippen LogP contribution in [-0.2, 0) is 11.4 Å². The van der Waals surface area contributed by atoms with E-state index in [4.69, 9.17) is 9.47 Å². The number of anilines is 1. The van der Waals surface area contributed by atoms with Crippen LogP contribution >= 0.6 is 0 Å². The van der Waals surface area contributed by atoms with Crippen LogP contribution in [0.15, 0.2) is 78.9 Å². The molecule has 6 nitrogen and oxygen atoms in total. The zero-order chi connectivity index (χ0) is 20.9. The van der Waals surface area contributed by atoms with Gasteiger partial charge in [-0.1, -0.05) is 42.5 Å². The van der Waals surface area contributed by atoms with E-state index in [0.717, 1.165) is 5.56 Å². The number of para-hydroxylation sites is 2. The van der Waals surface area contributed by atoms with Gasteiger partial charge in [0.25, 0.3) is 11.8 Å². The second-order valence-electron chi connectivity index (χ2n) is 6.90. The summed E-state index contributed by atoms with van der Waals surface area (Å²) < 4.78 is 11.6. The van der Waals surface area contributed by atoms with Gasteiger partial charge in [-0.15, -0.1) is 0 Å². The third kappa shape index (κ3) is 4.12. The molecule has 6 heteroatoms. The summed E-state index contributed by atoms with van der Waals surface area (Å²) in [5.41, 5.74) is 2.23. The monoisotopic (exact) mass is 402 g/mol. The first-order chi connectivity index (χ1) is 14.7. The molecule has 0 radical (unpaired) electrons. The average molecular weight is 402 g/mol. The van der Waals surface area contributed by atoms with Crippen LogP contribution in [0.25, 0.3) is 0 Å². The molecule has 1 aliphatic rings. The number of hydrogen-bond acceptors (Lipinski definition) is 4. The summed E-state index contributed by atoms with van der Waals surface area (Å²) in [4.78, 5) is 26.9. The van der Waals surface area contributed by atoms with Crippen LogP contribution in [0.2, 0.25) is 0 Å². The van der Waals surface area contributed by atoms with Crippen molar-refractivity contribution in [3.8, 4) is 11.5 Å². The fourth-order valence-corrected chi connectivity index (χ4v) is 3.31. The fourth-order valence-electron chi connectivity index (χ4n) is 3.31. The van der Waals surface area contributed by atoms with Crippen molar-refractivity contribution < 1.29 is 19.1 Å². The van der Waals surface area contributed by atoms with Gasteiger partial charge in [-0.25, -0.2) is 0 Å². The lowest BCUT2D eigenvalue weighted by Gasteiger charge is -2.34. The maximum Gasteiger partial charge on any atom is 0.262 e. The Bertz CT molecular complexity index is 1030. The molecule has 3 aromatic rings. The number of carbonyl (C=O) groups is 2. The van der Waals surface area contributed by atoms with Crippen LogP contribution < -0.4 is 19.7 Å². The molecule has 0 saturated carbocycles. The van der Waals surface area contributed by atoms with Crippen LogP contribution in [0.3, 0.4) is 0 Å². The van der Waals surface area contributed by atoms with Gasteiger partial charge in [0.2, 0.25) is 0 Å². The highest BCUT2D eigenvalue weighted by atomic mass is 16.5. The van der Waals surface area contributed by atoms with Crippen molar-refractivity contribution in [1.82, 2.24) is 5.32 Å². The lowest BCUT2D eigenvalue weighted by Crippen LogP contribution is -2.50. The molecule has 0 fully saturated rings. The topological polar surface area (TPSA) is 67.9 Å². The molecule has 1 aliphatic heterocycles. The van der Waals surface area contributed by atoms with E-state index in [-0.39, 0.29) is 18.4 Å². The normalized spacial score (nSPS) is 15.0. The number of fused-ring (bicyclic) bond motifs is 1. The van der Waals surface area contributed by atoms with Crippen molar-refractivity contribution in [2.45, 2.75) is 12.7 Å². The smallest absolute Gasteiger partial charge is 0.262 e. The van der Waals surface area contributed by atoms with Crippen molar-refractivity contribution in [2.24, 2.45) is 0 Å². The van der Waals surface area contributed by atoms with Crippen LogP contribution in [0, 0.1) is 0 Å². The van der Waals surface area contributed by atoms with E-state index in [1.54, 1.807) is 42.3 Å². The van der Waals surface area contributed by atoms with Crippen LogP contribution in [0.1, 0.15) is 15.9 Å². The summed E-state index contributed by atoms with van der Waals surface area (Å²) in [7, 11) is 1.55. The molecule has 1 N–H and O–H groups in total. The quantitative estimate of drug-likeness (QED) is 0.710. The Morgan fingerprint density at radius 3 is 2.43 bits per heavy atom. The van der Waals surface area contributed by atoms with Crippen molar-refractivity contribution in [3.63, 3.8) is 0 Å². The van der Waals surface area contributed by atoms with Crippen molar-refractivity contribution in [3.05, 3.63) is 90.0 Å². The van der Waals surface area contributed by atoms with Crippen LogP contribution in [-0.4, -0.2) is 31.5 Å². The Labute approximate surface area is 175 Å². The maximum absolute atomic E-state index is 13.2. The van der Waals surface area contributed by atoms with E-state index >= 15 is 0 Å². The molecule has 0 aromatic heterocycles. The Morgan fingerprint density at radius 1 is 1.00 bits per heavy atom. The summed E-state index contributed by atoms with van der Waals surface area (Å²) in [6, 6.07) is 24.1. The molecule has 2 amide bonds. The number of likely N-dealkylation sites (N-methyl/N-ethyl adjacent to an activating group) is 1. The lowest BCUT2D eigenvalue weighted by molar-refractivity contribution is -0.127. The largest absolute Gasteiger partial charge is 0.489 e. The first kappa shape index (κ1) is 19.5. The van der Waals surface area contributed by atoms with Crippen molar-refractivity contribution in [2.75, 3.05) is 18.5 Å². The van der Waals surface area contributed by atoms with Gasteiger partial charge in [-0.2, -0.15) is 0 Å². The summed E-state index contributed by atoms with van der Waals surface area (Å²) in [6.07, 6.45) is -0.762. The predicted octanol–water partition coefficient (Wildman–Crippen LogP) is 3.42. The van der Waals surface area contributed by atoms with E-state index in [1.165, 1.54) is 0 Å². The SMILES string of the molecule is CNC(=O)[C@@H]1CN(C(=O)c2ccc(OCc3ccccc3)cc2)c2ccccc2O1. The van der Waals surface area contributed by atoms with E-state index in [2.05, 4.69) is 5.32 Å². The minimum atomic E-state index is -0.762. The zero-order valence-electron chi connectivity index (χ0n) is 16.6. The summed E-state index contributed by atoms with van der Waals surface area (Å²) >= 11 is 0. The van der Waals surface area contributed by atoms with Gasteiger partial charge in [-0.3, -0.25) is 9.59 Å². The highest BCUT2D eigenvalue weighted by molar-refractivity contribution is 6.08. The van der Waals surface area contributed by atoms with Crippen LogP contribution in [0.4, 0.5) is 5.69 Å². The molecule has 1 heterocycles. The molecule has 0 unspecified atom stereocenters. The number of nitrogens with zero attached hydrogens (tertiary/aromatic N) is 1. The Balaban J connectivity index is 1.51. The third-order valence-electron chi connectivity index (χ3n) is 4.91. The van der Waals surface area contributed by atoms with Gasteiger partial charge in [0, 0.05) is 12.6 Å². The second-order valence-corrected chi connectivity index (χ2v) is 6.90. The lowest BCUT2D eigenvalue weighted by atomic mass is 10.1. The number of ether oxygens (including phenoxy) is 2. The van der Waals surface area contributed by atoms with Gasteiger partial charge in [0.1, 0.15) is 18.1 Å². The molecule has 4 rings (SSSR count). The average Bonchev–Trinajstić information content (AvgIpc) is 2.82. The fraction of sp³-hybridized carbons (Fsp3) is 0.167. The number of amides is 2. The summed E-state index contributed by atoms with van der Waals surface area (Å²) in [5.74, 6) is 0.718. The minimum absolute atomic E-state index is 0.141. The number of carbonyl (C=O) groups excluding carboxylic acids is 2. The third-order valence-corrected chi connectivity index (χ3v) is 4.91. The summed E-state index contributed by atoms with van der Waals surface area (Å²) in [6.45, 7) is 0.598. The van der Waals surface area contributed by atoms with Crippen molar-refractivity contribution in [1.29, 1.82) is 0 Å². The number of benzene rings is 3. The first-order valence-corrected chi connectivity index (χ1v) is 9.71. The molecule has 152 valence electrons. The molecule has 0 saturated heterocycles. The number of rotatable bonds is 5. The number of hydrogen-bond donors (Lipinski definition) is 1. The molecule has 0 spiro atoms. The highest BCUT2D eigenvalue weighted by Gasteiger charge is 2.33. The van der Waals surface area contributed by atoms with E-state index in [1.807, 2.05) is 48.5 Å². The molecule has 1 atom stereocenters. The van der Waals surface area contributed by atoms with Crippen LogP contribution in [0.5, 0.6) is 11.5 Å². The molecule has 3 aromatic carbocycles. The minimum Gasteiger partial charge on any atom is -0.489 e. The maximum atomic E-state index is 13.2. The molecule has 0 aliphatic carbocycles. The molecule has 30 heavy (non-hydrogen) atoms. The first-order valence-electron chi connectivity index (χ1n) is 9.71. The molecular weight excluding hydrogens is 380 g/mol. The van der Waals surface area contributed by atoms with E-state index in [0.29, 0.717) is 29.4 Å². The standard InChI is InChI=1S/C24H22N2O4/c1-25-23(27)22-15-26(20-9-5-6-10-21(20)30-22)24(28)18-11-13-19(14-12-18)29-16-17-7-3-2-4-8-17/h2-14,22H,15-16H2,1H3,(H,25,27)/t22-/m0/s1. The van der Waals surface area contributed by atoms with Gasteiger partial charge >= 0.3 is 0 Å². The predicted molar refractivity (Wildman–Crippen MR) is 114 cm³/mol. The Hall–Kier alpha value is -3.80. The Morgan fingerprint density at radius 2 is 1.70 bits per heavy atom. The number of nitrogens with one attached hydrogen (secondary N) is 1. The Kier molecular flexibility index (Phi) is 5.66. The van der Waals surface area contributed by atoms with E-state index in [9.17, 15) is 9.59 Å². The van der Waals surface area contributed by atoms with E-state index < -0.39 is 6.10 Å².